The first-order chi connectivity index (χ1) is 11.1. The van der Waals surface area contributed by atoms with E-state index in [1.165, 1.54) is 4.90 Å². The number of nitrogens with zero attached hydrogens (tertiary/aromatic N) is 2. The summed E-state index contributed by atoms with van der Waals surface area (Å²) in [5.74, 6) is 0.386. The average Bonchev–Trinajstić information content (AvgIpc) is 2.59. The van der Waals surface area contributed by atoms with Crippen LogP contribution >= 0.6 is 0 Å². The summed E-state index contributed by atoms with van der Waals surface area (Å²) in [6.45, 7) is 2.52. The van der Waals surface area contributed by atoms with Gasteiger partial charge in [-0.1, -0.05) is 18.2 Å². The van der Waals surface area contributed by atoms with Crippen LogP contribution in [0.5, 0.6) is 5.75 Å². The maximum atomic E-state index is 12.8. The quantitative estimate of drug-likeness (QED) is 0.876. The highest BCUT2D eigenvalue weighted by molar-refractivity contribution is 6.08. The van der Waals surface area contributed by atoms with Crippen molar-refractivity contribution < 1.29 is 14.3 Å². The molecule has 0 saturated carbocycles. The lowest BCUT2D eigenvalue weighted by molar-refractivity contribution is -0.120. The summed E-state index contributed by atoms with van der Waals surface area (Å²) >= 11 is 0. The van der Waals surface area contributed by atoms with Gasteiger partial charge in [0.1, 0.15) is 5.75 Å². The lowest BCUT2D eigenvalue weighted by Crippen LogP contribution is -2.36. The van der Waals surface area contributed by atoms with Crippen molar-refractivity contribution in [3.8, 4) is 5.75 Å². The van der Waals surface area contributed by atoms with Crippen LogP contribution in [0.25, 0.3) is 0 Å². The van der Waals surface area contributed by atoms with Crippen LogP contribution in [0.3, 0.4) is 0 Å². The van der Waals surface area contributed by atoms with E-state index in [0.717, 1.165) is 5.69 Å². The molecule has 0 bridgehead atoms. The molecule has 0 atom stereocenters. The Balaban J connectivity index is 1.95. The lowest BCUT2D eigenvalue weighted by atomic mass is 10.1. The molecule has 1 aliphatic rings. The van der Waals surface area contributed by atoms with Crippen molar-refractivity contribution in [3.63, 3.8) is 0 Å². The third-order valence-corrected chi connectivity index (χ3v) is 3.92. The second-order valence-electron chi connectivity index (χ2n) is 5.31. The number of likely N-dealkylation sites (N-methyl/N-ethyl adjacent to an activating group) is 1. The number of hydrogen-bond acceptors (Lipinski definition) is 3. The Labute approximate surface area is 135 Å². The minimum atomic E-state index is -0.127. The number of benzene rings is 2. The molecule has 1 aliphatic heterocycles. The van der Waals surface area contributed by atoms with Crippen molar-refractivity contribution in [2.24, 2.45) is 0 Å². The Hall–Kier alpha value is -2.82. The molecule has 0 fully saturated rings. The summed E-state index contributed by atoms with van der Waals surface area (Å²) in [7, 11) is 1.69. The van der Waals surface area contributed by atoms with Crippen LogP contribution in [-0.4, -0.2) is 32.0 Å². The number of carbonyl (C=O) groups is 2. The predicted octanol–water partition coefficient (Wildman–Crippen LogP) is 2.71. The van der Waals surface area contributed by atoms with Gasteiger partial charge in [0.2, 0.25) is 0 Å². The Bertz CT molecular complexity index is 743. The van der Waals surface area contributed by atoms with Crippen LogP contribution in [0, 0.1) is 0 Å². The van der Waals surface area contributed by atoms with Gasteiger partial charge in [0.25, 0.3) is 11.8 Å². The van der Waals surface area contributed by atoms with Crippen molar-refractivity contribution in [3.05, 3.63) is 54.1 Å². The zero-order chi connectivity index (χ0) is 16.4. The van der Waals surface area contributed by atoms with E-state index >= 15 is 0 Å². The monoisotopic (exact) mass is 310 g/mol. The normalized spacial score (nSPS) is 13.3. The number of para-hydroxylation sites is 1. The highest BCUT2D eigenvalue weighted by Gasteiger charge is 2.24. The Morgan fingerprint density at radius 3 is 2.65 bits per heavy atom. The maximum Gasteiger partial charge on any atom is 0.264 e. The van der Waals surface area contributed by atoms with E-state index in [-0.39, 0.29) is 18.4 Å². The summed E-state index contributed by atoms with van der Waals surface area (Å²) < 4.78 is 5.40. The Morgan fingerprint density at radius 2 is 1.96 bits per heavy atom. The topological polar surface area (TPSA) is 49.9 Å². The van der Waals surface area contributed by atoms with E-state index in [1.54, 1.807) is 30.1 Å². The highest BCUT2D eigenvalue weighted by atomic mass is 16.5. The first-order valence-corrected chi connectivity index (χ1v) is 7.52. The second-order valence-corrected chi connectivity index (χ2v) is 5.31. The molecule has 2 amide bonds. The van der Waals surface area contributed by atoms with Crippen LogP contribution in [0.1, 0.15) is 17.3 Å². The van der Waals surface area contributed by atoms with Crippen molar-refractivity contribution in [1.29, 1.82) is 0 Å². The standard InChI is InChI=1S/C18H18N2O3/c1-3-20(14-7-5-4-6-8-14)18(22)13-9-10-16-15(11-13)19(2)17(21)12-23-16/h4-11H,3,12H2,1-2H3. The van der Waals surface area contributed by atoms with Gasteiger partial charge in [-0.3, -0.25) is 9.59 Å². The first kappa shape index (κ1) is 15.1. The molecular weight excluding hydrogens is 292 g/mol. The van der Waals surface area contributed by atoms with Gasteiger partial charge in [-0.15, -0.1) is 0 Å². The lowest BCUT2D eigenvalue weighted by Gasteiger charge is -2.27. The summed E-state index contributed by atoms with van der Waals surface area (Å²) in [5.41, 5.74) is 1.99. The minimum Gasteiger partial charge on any atom is -0.482 e. The minimum absolute atomic E-state index is 0.0297. The predicted molar refractivity (Wildman–Crippen MR) is 89.1 cm³/mol. The average molecular weight is 310 g/mol. The molecule has 0 saturated heterocycles. The molecule has 0 aliphatic carbocycles. The van der Waals surface area contributed by atoms with Gasteiger partial charge in [0, 0.05) is 24.8 Å². The van der Waals surface area contributed by atoms with Crippen LogP contribution in [0.4, 0.5) is 11.4 Å². The number of amides is 2. The third kappa shape index (κ3) is 2.77. The van der Waals surface area contributed by atoms with Crippen molar-refractivity contribution in [2.45, 2.75) is 6.92 Å². The number of fused-ring (bicyclic) bond motifs is 1. The summed E-state index contributed by atoms with van der Waals surface area (Å²) in [6.07, 6.45) is 0. The van der Waals surface area contributed by atoms with E-state index < -0.39 is 0 Å². The Morgan fingerprint density at radius 1 is 1.22 bits per heavy atom. The molecule has 23 heavy (non-hydrogen) atoms. The van der Waals surface area contributed by atoms with Gasteiger partial charge >= 0.3 is 0 Å². The summed E-state index contributed by atoms with van der Waals surface area (Å²) in [5, 5.41) is 0. The molecule has 0 spiro atoms. The van der Waals surface area contributed by atoms with Gasteiger partial charge in [0.15, 0.2) is 6.61 Å². The molecule has 0 unspecified atom stereocenters. The molecule has 2 aromatic carbocycles. The van der Waals surface area contributed by atoms with Crippen molar-refractivity contribution >= 4 is 23.2 Å². The zero-order valence-corrected chi connectivity index (χ0v) is 13.2. The van der Waals surface area contributed by atoms with Gasteiger partial charge in [0.05, 0.1) is 5.69 Å². The van der Waals surface area contributed by atoms with Gasteiger partial charge in [-0.2, -0.15) is 0 Å². The molecule has 5 heteroatoms. The number of ether oxygens (including phenoxy) is 1. The maximum absolute atomic E-state index is 12.8. The fourth-order valence-electron chi connectivity index (χ4n) is 2.61. The van der Waals surface area contributed by atoms with Gasteiger partial charge in [-0.25, -0.2) is 0 Å². The van der Waals surface area contributed by atoms with E-state index in [2.05, 4.69) is 0 Å². The smallest absolute Gasteiger partial charge is 0.264 e. The third-order valence-electron chi connectivity index (χ3n) is 3.92. The molecule has 1 heterocycles. The van der Waals surface area contributed by atoms with E-state index in [4.69, 9.17) is 4.74 Å². The number of rotatable bonds is 3. The van der Waals surface area contributed by atoms with E-state index in [1.807, 2.05) is 37.3 Å². The molecule has 0 aromatic heterocycles. The SMILES string of the molecule is CCN(C(=O)c1ccc2c(c1)N(C)C(=O)CO2)c1ccccc1. The second kappa shape index (κ2) is 6.12. The zero-order valence-electron chi connectivity index (χ0n) is 13.2. The molecule has 0 N–H and O–H groups in total. The fourth-order valence-corrected chi connectivity index (χ4v) is 2.61. The molecule has 5 nitrogen and oxygen atoms in total. The van der Waals surface area contributed by atoms with Crippen LogP contribution in [-0.2, 0) is 4.79 Å². The summed E-state index contributed by atoms with van der Waals surface area (Å²) in [6, 6.07) is 14.7. The van der Waals surface area contributed by atoms with Crippen LogP contribution in [0.15, 0.2) is 48.5 Å². The van der Waals surface area contributed by atoms with Crippen molar-refractivity contribution in [2.75, 3.05) is 30.0 Å². The van der Waals surface area contributed by atoms with E-state index in [0.29, 0.717) is 23.5 Å². The largest absolute Gasteiger partial charge is 0.482 e. The summed E-state index contributed by atoms with van der Waals surface area (Å²) in [4.78, 5) is 27.8. The molecule has 118 valence electrons. The highest BCUT2D eigenvalue weighted by Crippen LogP contribution is 2.32. The van der Waals surface area contributed by atoms with Crippen molar-refractivity contribution in [1.82, 2.24) is 0 Å². The molecule has 3 rings (SSSR count). The van der Waals surface area contributed by atoms with Crippen LogP contribution < -0.4 is 14.5 Å². The first-order valence-electron chi connectivity index (χ1n) is 7.52. The molecule has 2 aromatic rings. The van der Waals surface area contributed by atoms with Gasteiger partial charge < -0.3 is 14.5 Å². The number of hydrogen-bond donors (Lipinski definition) is 0. The van der Waals surface area contributed by atoms with Gasteiger partial charge in [-0.05, 0) is 37.3 Å². The Kier molecular flexibility index (Phi) is 4.02. The number of carbonyl (C=O) groups excluding carboxylic acids is 2. The van der Waals surface area contributed by atoms with E-state index in [9.17, 15) is 9.59 Å². The fraction of sp³-hybridized carbons (Fsp3) is 0.222. The van der Waals surface area contributed by atoms with Crippen LogP contribution in [0.2, 0.25) is 0 Å². The molecular formula is C18H18N2O3. The molecule has 0 radical (unpaired) electrons. The number of anilines is 2.